The number of hydrogen-bond acceptors (Lipinski definition) is 6. The van der Waals surface area contributed by atoms with Gasteiger partial charge in [0.25, 0.3) is 0 Å². The molecule has 0 saturated carbocycles. The Labute approximate surface area is 344 Å². The summed E-state index contributed by atoms with van der Waals surface area (Å²) in [5.41, 5.74) is 8.94. The van der Waals surface area contributed by atoms with Crippen LogP contribution in [0.15, 0.2) is 205 Å². The molecule has 0 amide bonds. The molecule has 58 heavy (non-hydrogen) atoms. The molecule has 0 aliphatic rings. The first-order valence-corrected chi connectivity index (χ1v) is 21.0. The van der Waals surface area contributed by atoms with Gasteiger partial charge in [0.05, 0.1) is 33.8 Å². The number of benzene rings is 7. The third-order valence-electron chi connectivity index (χ3n) is 10.9. The molecule has 11 rings (SSSR count). The molecule has 0 saturated heterocycles. The predicted octanol–water partition coefficient (Wildman–Crippen LogP) is 15.5. The predicted molar refractivity (Wildman–Crippen MR) is 248 cm³/mol. The number of aromatic nitrogens is 2. The van der Waals surface area contributed by atoms with Gasteiger partial charge in [-0.2, -0.15) is 0 Å². The second kappa shape index (κ2) is 14.4. The van der Waals surface area contributed by atoms with Crippen molar-refractivity contribution in [3.05, 3.63) is 205 Å². The molecule has 0 aliphatic heterocycles. The van der Waals surface area contributed by atoms with Gasteiger partial charge in [-0.25, -0.2) is 0 Å². The van der Waals surface area contributed by atoms with Crippen LogP contribution in [0.2, 0.25) is 0 Å². The Morgan fingerprint density at radius 2 is 0.810 bits per heavy atom. The number of thiophene rings is 2. The smallest absolute Gasteiger partial charge is 0.0999 e. The molecule has 0 spiro atoms. The normalized spacial score (nSPS) is 11.4. The van der Waals surface area contributed by atoms with E-state index in [0.717, 1.165) is 32.8 Å². The molecule has 0 radical (unpaired) electrons. The average molecular weight is 779 g/mol. The number of fused-ring (bicyclic) bond motifs is 4. The molecule has 0 bridgehead atoms. The lowest BCUT2D eigenvalue weighted by molar-refractivity contribution is 1.25. The second-order valence-corrected chi connectivity index (χ2v) is 16.2. The minimum absolute atomic E-state index is 1.01. The minimum atomic E-state index is 1.01. The van der Waals surface area contributed by atoms with Crippen molar-refractivity contribution in [1.29, 1.82) is 0 Å². The van der Waals surface area contributed by atoms with Gasteiger partial charge in [-0.1, -0.05) is 84.9 Å². The Morgan fingerprint density at radius 1 is 0.345 bits per heavy atom. The zero-order valence-corrected chi connectivity index (χ0v) is 32.9. The molecular formula is C52H34N4S2. The SMILES string of the molecule is c1cncc(N(c2ccc3c(-c4ccc5ccccc5c4)c4cc(N(c5cccnc5)c5cccs5)ccc4c(-c4ccc5ccccc5c4)c3c2)c2cccs2)c1. The molecule has 0 unspecified atom stereocenters. The van der Waals surface area contributed by atoms with Crippen LogP contribution in [-0.2, 0) is 0 Å². The van der Waals surface area contributed by atoms with Crippen LogP contribution < -0.4 is 9.80 Å². The molecule has 4 heterocycles. The summed E-state index contributed by atoms with van der Waals surface area (Å²) in [6, 6.07) is 61.9. The van der Waals surface area contributed by atoms with Gasteiger partial charge in [0.15, 0.2) is 0 Å². The quantitative estimate of drug-likeness (QED) is 0.144. The fourth-order valence-electron chi connectivity index (χ4n) is 8.37. The van der Waals surface area contributed by atoms with Crippen LogP contribution in [-0.4, -0.2) is 9.97 Å². The van der Waals surface area contributed by atoms with Crippen molar-refractivity contribution >= 4 is 98.5 Å². The molecule has 7 aromatic carbocycles. The number of anilines is 6. The van der Waals surface area contributed by atoms with Gasteiger partial charge in [-0.3, -0.25) is 9.97 Å². The Hall–Kier alpha value is -7.12. The van der Waals surface area contributed by atoms with E-state index < -0.39 is 0 Å². The van der Waals surface area contributed by atoms with Crippen LogP contribution in [0.5, 0.6) is 0 Å². The van der Waals surface area contributed by atoms with Crippen molar-refractivity contribution in [2.75, 3.05) is 9.80 Å². The number of nitrogens with zero attached hydrogens (tertiary/aromatic N) is 4. The van der Waals surface area contributed by atoms with E-state index in [9.17, 15) is 0 Å². The minimum Gasteiger partial charge on any atom is -0.300 e. The van der Waals surface area contributed by atoms with Crippen LogP contribution in [0.25, 0.3) is 65.3 Å². The molecule has 4 nitrogen and oxygen atoms in total. The summed E-state index contributed by atoms with van der Waals surface area (Å²) in [5.74, 6) is 0. The maximum Gasteiger partial charge on any atom is 0.0999 e. The lowest BCUT2D eigenvalue weighted by Gasteiger charge is -2.26. The second-order valence-electron chi connectivity index (χ2n) is 14.3. The lowest BCUT2D eigenvalue weighted by Crippen LogP contribution is -2.09. The van der Waals surface area contributed by atoms with Crippen molar-refractivity contribution in [3.8, 4) is 22.3 Å². The molecular weight excluding hydrogens is 745 g/mol. The molecule has 0 aliphatic carbocycles. The van der Waals surface area contributed by atoms with Crippen LogP contribution in [0.3, 0.4) is 0 Å². The highest BCUT2D eigenvalue weighted by Crippen LogP contribution is 2.49. The summed E-state index contributed by atoms with van der Waals surface area (Å²) < 4.78 is 0. The Balaban J connectivity index is 1.26. The van der Waals surface area contributed by atoms with Crippen LogP contribution in [0.1, 0.15) is 0 Å². The van der Waals surface area contributed by atoms with Crippen molar-refractivity contribution in [2.45, 2.75) is 0 Å². The van der Waals surface area contributed by atoms with Gasteiger partial charge in [-0.05, 0) is 161 Å². The van der Waals surface area contributed by atoms with E-state index in [1.54, 1.807) is 22.7 Å². The standard InChI is InChI=1S/C52H34N4S2/c1-3-11-37-29-39(19-17-35(37)9-1)51-45-23-21-42(56(50-16-8-28-58-50)44-14-6-26-54-34-44)32-48(45)52(40-20-18-36-10-2-4-12-38(36)30-40)46-24-22-41(31-47(46)51)55(49-15-7-27-57-49)43-13-5-25-53-33-43/h1-34H. The van der Waals surface area contributed by atoms with Crippen molar-refractivity contribution in [1.82, 2.24) is 9.97 Å². The summed E-state index contributed by atoms with van der Waals surface area (Å²) >= 11 is 3.45. The van der Waals surface area contributed by atoms with E-state index in [2.05, 4.69) is 188 Å². The topological polar surface area (TPSA) is 32.3 Å². The number of hydrogen-bond donors (Lipinski definition) is 0. The zero-order chi connectivity index (χ0) is 38.4. The molecule has 274 valence electrons. The lowest BCUT2D eigenvalue weighted by atomic mass is 9.84. The van der Waals surface area contributed by atoms with E-state index in [0.29, 0.717) is 0 Å². The van der Waals surface area contributed by atoms with Gasteiger partial charge in [-0.15, -0.1) is 22.7 Å². The third-order valence-corrected chi connectivity index (χ3v) is 12.6. The summed E-state index contributed by atoms with van der Waals surface area (Å²) in [6.45, 7) is 0. The average Bonchev–Trinajstić information content (AvgIpc) is 4.02. The monoisotopic (exact) mass is 778 g/mol. The van der Waals surface area contributed by atoms with Crippen LogP contribution in [0, 0.1) is 0 Å². The molecule has 4 aromatic heterocycles. The summed E-state index contributed by atoms with van der Waals surface area (Å²) in [4.78, 5) is 13.7. The van der Waals surface area contributed by atoms with E-state index >= 15 is 0 Å². The molecule has 6 heteroatoms. The van der Waals surface area contributed by atoms with E-state index in [1.807, 2.05) is 36.9 Å². The molecule has 0 fully saturated rings. The summed E-state index contributed by atoms with van der Waals surface area (Å²) in [5, 5.41) is 16.1. The molecule has 11 aromatic rings. The maximum absolute atomic E-state index is 4.54. The first-order chi connectivity index (χ1) is 28.8. The Morgan fingerprint density at radius 3 is 1.22 bits per heavy atom. The van der Waals surface area contributed by atoms with Gasteiger partial charge in [0.1, 0.15) is 0 Å². The number of pyridine rings is 2. The highest BCUT2D eigenvalue weighted by Gasteiger charge is 2.23. The molecule has 0 atom stereocenters. The van der Waals surface area contributed by atoms with Crippen LogP contribution >= 0.6 is 22.7 Å². The van der Waals surface area contributed by atoms with Crippen molar-refractivity contribution in [3.63, 3.8) is 0 Å². The zero-order valence-electron chi connectivity index (χ0n) is 31.2. The van der Waals surface area contributed by atoms with Gasteiger partial charge in [0, 0.05) is 23.8 Å². The largest absolute Gasteiger partial charge is 0.300 e. The number of rotatable bonds is 8. The highest BCUT2D eigenvalue weighted by molar-refractivity contribution is 7.14. The maximum atomic E-state index is 4.54. The van der Waals surface area contributed by atoms with E-state index in [1.165, 1.54) is 65.3 Å². The summed E-state index contributed by atoms with van der Waals surface area (Å²) in [7, 11) is 0. The summed E-state index contributed by atoms with van der Waals surface area (Å²) in [6.07, 6.45) is 7.55. The van der Waals surface area contributed by atoms with E-state index in [-0.39, 0.29) is 0 Å². The van der Waals surface area contributed by atoms with Crippen LogP contribution in [0.4, 0.5) is 32.8 Å². The third kappa shape index (κ3) is 5.98. The van der Waals surface area contributed by atoms with Crippen molar-refractivity contribution < 1.29 is 0 Å². The van der Waals surface area contributed by atoms with E-state index in [4.69, 9.17) is 0 Å². The van der Waals surface area contributed by atoms with Crippen molar-refractivity contribution in [2.24, 2.45) is 0 Å². The van der Waals surface area contributed by atoms with Gasteiger partial charge >= 0.3 is 0 Å². The Kier molecular flexibility index (Phi) is 8.50. The fourth-order valence-corrected chi connectivity index (χ4v) is 9.91. The first kappa shape index (κ1) is 34.2. The highest BCUT2D eigenvalue weighted by atomic mass is 32.1. The first-order valence-electron chi connectivity index (χ1n) is 19.3. The van der Waals surface area contributed by atoms with Gasteiger partial charge in [0.2, 0.25) is 0 Å². The Bertz CT molecular complexity index is 3020. The van der Waals surface area contributed by atoms with Gasteiger partial charge < -0.3 is 9.80 Å². The fraction of sp³-hybridized carbons (Fsp3) is 0. The molecule has 0 N–H and O–H groups in total.